The summed E-state index contributed by atoms with van der Waals surface area (Å²) in [7, 11) is 1.58. The molecule has 0 spiro atoms. The van der Waals surface area contributed by atoms with Crippen LogP contribution < -0.4 is 4.74 Å². The number of ether oxygens (including phenoxy) is 1. The molecule has 0 bridgehead atoms. The van der Waals surface area contributed by atoms with Gasteiger partial charge < -0.3 is 4.74 Å². The summed E-state index contributed by atoms with van der Waals surface area (Å²) < 4.78 is 20.5. The second kappa shape index (κ2) is 6.42. The predicted octanol–water partition coefficient (Wildman–Crippen LogP) is 5.20. The number of aromatic nitrogens is 3. The van der Waals surface area contributed by atoms with Crippen molar-refractivity contribution in [2.24, 2.45) is 0 Å². The van der Waals surface area contributed by atoms with Crippen molar-refractivity contribution >= 4 is 22.6 Å². The molecule has 2 aromatic heterocycles. The number of halogens is 2. The summed E-state index contributed by atoms with van der Waals surface area (Å²) in [5.41, 5.74) is 4.99. The predicted molar refractivity (Wildman–Crippen MR) is 101 cm³/mol. The van der Waals surface area contributed by atoms with Crippen LogP contribution in [0.3, 0.4) is 0 Å². The first-order valence-electron chi connectivity index (χ1n) is 8.00. The van der Waals surface area contributed by atoms with Gasteiger partial charge in [-0.1, -0.05) is 11.6 Å². The zero-order chi connectivity index (χ0) is 18.3. The first-order chi connectivity index (χ1) is 12.6. The third-order valence-electron chi connectivity index (χ3n) is 4.31. The van der Waals surface area contributed by atoms with Gasteiger partial charge in [-0.3, -0.25) is 9.55 Å². The topological polar surface area (TPSA) is 39.9 Å². The third-order valence-corrected chi connectivity index (χ3v) is 4.61. The Morgan fingerprint density at radius 2 is 1.92 bits per heavy atom. The van der Waals surface area contributed by atoms with Gasteiger partial charge in [0.2, 0.25) is 0 Å². The number of pyridine rings is 1. The third kappa shape index (κ3) is 2.80. The molecule has 2 heterocycles. The van der Waals surface area contributed by atoms with Gasteiger partial charge in [0.25, 0.3) is 0 Å². The minimum Gasteiger partial charge on any atom is -0.495 e. The van der Waals surface area contributed by atoms with E-state index in [0.29, 0.717) is 10.8 Å². The molecule has 2 aromatic carbocycles. The zero-order valence-electron chi connectivity index (χ0n) is 14.2. The average molecular weight is 368 g/mol. The summed E-state index contributed by atoms with van der Waals surface area (Å²) in [5.74, 6) is 0.356. The molecule has 0 amide bonds. The molecule has 0 saturated heterocycles. The van der Waals surface area contributed by atoms with E-state index in [1.807, 2.05) is 35.8 Å². The highest BCUT2D eigenvalue weighted by molar-refractivity contribution is 6.32. The normalized spacial score (nSPS) is 11.1. The van der Waals surface area contributed by atoms with Crippen LogP contribution in [0.2, 0.25) is 5.02 Å². The van der Waals surface area contributed by atoms with E-state index in [-0.39, 0.29) is 5.82 Å². The van der Waals surface area contributed by atoms with Crippen LogP contribution in [0, 0.1) is 12.7 Å². The van der Waals surface area contributed by atoms with Crippen LogP contribution in [0.15, 0.2) is 55.0 Å². The fraction of sp³-hybridized carbons (Fsp3) is 0.100. The fourth-order valence-corrected chi connectivity index (χ4v) is 3.24. The number of imidazole rings is 1. The van der Waals surface area contributed by atoms with Gasteiger partial charge in [-0.2, -0.15) is 0 Å². The van der Waals surface area contributed by atoms with Crippen molar-refractivity contribution in [3.63, 3.8) is 0 Å². The summed E-state index contributed by atoms with van der Waals surface area (Å²) in [6.45, 7) is 1.87. The van der Waals surface area contributed by atoms with Gasteiger partial charge in [-0.25, -0.2) is 9.37 Å². The Hall–Kier alpha value is -2.92. The molecule has 0 N–H and O–H groups in total. The molecular formula is C20H15ClFN3O. The number of hydrogen-bond donors (Lipinski definition) is 0. The number of nitrogens with zero attached hydrogens (tertiary/aromatic N) is 3. The van der Waals surface area contributed by atoms with Crippen molar-refractivity contribution in [3.8, 4) is 22.7 Å². The van der Waals surface area contributed by atoms with E-state index in [2.05, 4.69) is 9.97 Å². The molecule has 0 saturated carbocycles. The van der Waals surface area contributed by atoms with Crippen molar-refractivity contribution in [1.29, 1.82) is 0 Å². The Morgan fingerprint density at radius 1 is 1.08 bits per heavy atom. The average Bonchev–Trinajstić information content (AvgIpc) is 3.04. The van der Waals surface area contributed by atoms with Crippen LogP contribution in [0.1, 0.15) is 5.56 Å². The van der Waals surface area contributed by atoms with Gasteiger partial charge in [-0.05, 0) is 55.0 Å². The lowest BCUT2D eigenvalue weighted by Crippen LogP contribution is -1.95. The van der Waals surface area contributed by atoms with E-state index in [1.54, 1.807) is 25.7 Å². The molecule has 0 unspecified atom stereocenters. The summed E-state index contributed by atoms with van der Waals surface area (Å²) >= 11 is 6.25. The van der Waals surface area contributed by atoms with Gasteiger partial charge in [0.1, 0.15) is 23.4 Å². The lowest BCUT2D eigenvalue weighted by Gasteiger charge is -2.09. The van der Waals surface area contributed by atoms with Crippen LogP contribution >= 0.6 is 11.6 Å². The van der Waals surface area contributed by atoms with E-state index in [4.69, 9.17) is 16.3 Å². The lowest BCUT2D eigenvalue weighted by atomic mass is 10.0. The van der Waals surface area contributed by atoms with Crippen molar-refractivity contribution in [3.05, 3.63) is 71.4 Å². The second-order valence-electron chi connectivity index (χ2n) is 5.95. The maximum Gasteiger partial charge on any atom is 0.137 e. The first-order valence-corrected chi connectivity index (χ1v) is 8.38. The molecule has 0 atom stereocenters. The van der Waals surface area contributed by atoms with Crippen LogP contribution in [-0.2, 0) is 0 Å². The van der Waals surface area contributed by atoms with Gasteiger partial charge in [0.05, 0.1) is 29.5 Å². The number of hydrogen-bond acceptors (Lipinski definition) is 3. The summed E-state index contributed by atoms with van der Waals surface area (Å²) in [4.78, 5) is 8.88. The van der Waals surface area contributed by atoms with Crippen LogP contribution in [0.4, 0.5) is 4.39 Å². The fourth-order valence-electron chi connectivity index (χ4n) is 2.98. The van der Waals surface area contributed by atoms with Crippen LogP contribution in [0.25, 0.3) is 28.0 Å². The minimum atomic E-state index is -0.259. The molecular weight excluding hydrogens is 353 g/mol. The van der Waals surface area contributed by atoms with Crippen LogP contribution in [0.5, 0.6) is 5.75 Å². The molecule has 0 aliphatic carbocycles. The number of aryl methyl sites for hydroxylation is 1. The maximum atomic E-state index is 13.4. The van der Waals surface area contributed by atoms with Crippen molar-refractivity contribution < 1.29 is 9.13 Å². The largest absolute Gasteiger partial charge is 0.495 e. The van der Waals surface area contributed by atoms with Crippen molar-refractivity contribution in [1.82, 2.24) is 14.5 Å². The molecule has 4 aromatic rings. The second-order valence-corrected chi connectivity index (χ2v) is 6.36. The molecule has 0 fully saturated rings. The highest BCUT2D eigenvalue weighted by atomic mass is 35.5. The Balaban J connectivity index is 1.86. The summed E-state index contributed by atoms with van der Waals surface area (Å²) in [6.07, 6.45) is 3.45. The van der Waals surface area contributed by atoms with E-state index in [0.717, 1.165) is 33.5 Å². The van der Waals surface area contributed by atoms with E-state index in [1.165, 1.54) is 12.1 Å². The number of fused-ring (bicyclic) bond motifs is 1. The minimum absolute atomic E-state index is 0.259. The molecule has 4 rings (SSSR count). The molecule has 4 nitrogen and oxygen atoms in total. The van der Waals surface area contributed by atoms with Gasteiger partial charge in [0, 0.05) is 11.3 Å². The lowest BCUT2D eigenvalue weighted by molar-refractivity contribution is 0.415. The quantitative estimate of drug-likeness (QED) is 0.500. The van der Waals surface area contributed by atoms with E-state index in [9.17, 15) is 4.39 Å². The highest BCUT2D eigenvalue weighted by Gasteiger charge is 2.11. The molecule has 130 valence electrons. The van der Waals surface area contributed by atoms with Crippen molar-refractivity contribution in [2.45, 2.75) is 6.92 Å². The molecule has 0 aliphatic rings. The Labute approximate surface area is 154 Å². The van der Waals surface area contributed by atoms with Crippen LogP contribution in [-0.4, -0.2) is 21.6 Å². The molecule has 6 heteroatoms. The summed E-state index contributed by atoms with van der Waals surface area (Å²) in [6, 6.07) is 12.2. The first kappa shape index (κ1) is 16.5. The number of methoxy groups -OCH3 is 1. The standard InChI is InChI=1S/C20H15ClFN3O/c1-12-7-13(22)3-5-15(12)17-9-19-18(10-23-17)24-11-25(19)14-4-6-20(26-2)16(21)8-14/h3-11H,1-2H3. The van der Waals surface area contributed by atoms with E-state index >= 15 is 0 Å². The summed E-state index contributed by atoms with van der Waals surface area (Å²) in [5, 5.41) is 0.524. The maximum absolute atomic E-state index is 13.4. The molecule has 0 radical (unpaired) electrons. The van der Waals surface area contributed by atoms with Gasteiger partial charge in [-0.15, -0.1) is 0 Å². The highest BCUT2D eigenvalue weighted by Crippen LogP contribution is 2.30. The molecule has 0 aliphatic heterocycles. The van der Waals surface area contributed by atoms with Crippen molar-refractivity contribution in [2.75, 3.05) is 7.11 Å². The van der Waals surface area contributed by atoms with E-state index < -0.39 is 0 Å². The molecule has 26 heavy (non-hydrogen) atoms. The van der Waals surface area contributed by atoms with Gasteiger partial charge >= 0.3 is 0 Å². The SMILES string of the molecule is COc1ccc(-n2cnc3cnc(-c4ccc(F)cc4C)cc32)cc1Cl. The zero-order valence-corrected chi connectivity index (χ0v) is 15.0. The Bertz CT molecular complexity index is 1120. The number of benzene rings is 2. The van der Waals surface area contributed by atoms with Gasteiger partial charge in [0.15, 0.2) is 0 Å². The smallest absolute Gasteiger partial charge is 0.137 e. The number of rotatable bonds is 3. The Kier molecular flexibility index (Phi) is 4.09. The monoisotopic (exact) mass is 367 g/mol. The Morgan fingerprint density at radius 3 is 2.65 bits per heavy atom.